The van der Waals surface area contributed by atoms with Crippen LogP contribution in [0, 0.1) is 6.92 Å². The molecular formula is C17H27NO2S. The van der Waals surface area contributed by atoms with Crippen molar-refractivity contribution in [3.05, 3.63) is 29.3 Å². The maximum absolute atomic E-state index is 10.5. The van der Waals surface area contributed by atoms with E-state index in [1.807, 2.05) is 36.9 Å². The number of aryl methyl sites for hydroxylation is 1. The third-order valence-corrected chi connectivity index (χ3v) is 5.40. The summed E-state index contributed by atoms with van der Waals surface area (Å²) in [5.74, 6) is 0.764. The Morgan fingerprint density at radius 2 is 2.24 bits per heavy atom. The van der Waals surface area contributed by atoms with Gasteiger partial charge in [-0.05, 0) is 44.6 Å². The fourth-order valence-electron chi connectivity index (χ4n) is 3.05. The lowest BCUT2D eigenvalue weighted by atomic mass is 9.94. The molecule has 3 atom stereocenters. The summed E-state index contributed by atoms with van der Waals surface area (Å²) in [6, 6.07) is 6.48. The molecular weight excluding hydrogens is 282 g/mol. The monoisotopic (exact) mass is 309 g/mol. The Hall–Kier alpha value is -0.710. The number of methoxy groups -OCH3 is 1. The van der Waals surface area contributed by atoms with Crippen molar-refractivity contribution in [2.45, 2.75) is 50.0 Å². The predicted octanol–water partition coefficient (Wildman–Crippen LogP) is 3.30. The summed E-state index contributed by atoms with van der Waals surface area (Å²) < 4.78 is 5.36. The molecule has 1 aromatic rings. The van der Waals surface area contributed by atoms with Crippen molar-refractivity contribution in [3.63, 3.8) is 0 Å². The molecule has 0 aliphatic heterocycles. The number of benzene rings is 1. The van der Waals surface area contributed by atoms with Crippen molar-refractivity contribution < 1.29 is 9.84 Å². The normalized spacial score (nSPS) is 23.8. The van der Waals surface area contributed by atoms with E-state index in [-0.39, 0.29) is 0 Å². The Morgan fingerprint density at radius 1 is 1.43 bits per heavy atom. The summed E-state index contributed by atoms with van der Waals surface area (Å²) in [5.41, 5.74) is 2.02. The number of aliphatic hydroxyl groups excluding tert-OH is 1. The summed E-state index contributed by atoms with van der Waals surface area (Å²) in [5, 5.41) is 14.8. The summed E-state index contributed by atoms with van der Waals surface area (Å²) in [7, 11) is 1.65. The SMILES string of the molecule is COc1ccc(C)cc1C(O)CNC1CCCC(SC)C1. The molecule has 0 aromatic heterocycles. The van der Waals surface area contributed by atoms with Gasteiger partial charge in [0.25, 0.3) is 0 Å². The summed E-state index contributed by atoms with van der Waals surface area (Å²) >= 11 is 1.97. The van der Waals surface area contributed by atoms with Gasteiger partial charge in [-0.1, -0.05) is 18.1 Å². The van der Waals surface area contributed by atoms with E-state index in [0.29, 0.717) is 12.6 Å². The van der Waals surface area contributed by atoms with Crippen LogP contribution in [0.25, 0.3) is 0 Å². The van der Waals surface area contributed by atoms with Crippen LogP contribution >= 0.6 is 11.8 Å². The maximum atomic E-state index is 10.5. The third-order valence-electron chi connectivity index (χ3n) is 4.30. The fourth-order valence-corrected chi connectivity index (χ4v) is 3.87. The van der Waals surface area contributed by atoms with E-state index < -0.39 is 6.10 Å². The lowest BCUT2D eigenvalue weighted by Crippen LogP contribution is -2.37. The molecule has 0 heterocycles. The van der Waals surface area contributed by atoms with Gasteiger partial charge in [-0.2, -0.15) is 11.8 Å². The van der Waals surface area contributed by atoms with Crippen LogP contribution in [0.1, 0.15) is 42.9 Å². The molecule has 3 nitrogen and oxygen atoms in total. The first kappa shape index (κ1) is 16.7. The van der Waals surface area contributed by atoms with Gasteiger partial charge in [-0.3, -0.25) is 0 Å². The molecule has 1 fully saturated rings. The highest BCUT2D eigenvalue weighted by Gasteiger charge is 2.22. The Bertz CT molecular complexity index is 452. The van der Waals surface area contributed by atoms with Crippen LogP contribution in [0.5, 0.6) is 5.75 Å². The van der Waals surface area contributed by atoms with Crippen LogP contribution in [-0.4, -0.2) is 36.3 Å². The molecule has 21 heavy (non-hydrogen) atoms. The summed E-state index contributed by atoms with van der Waals surface area (Å²) in [4.78, 5) is 0. The van der Waals surface area contributed by atoms with E-state index in [1.54, 1.807) is 7.11 Å². The second-order valence-electron chi connectivity index (χ2n) is 5.89. The standard InChI is InChI=1S/C17H27NO2S/c1-12-7-8-17(20-2)15(9-12)16(19)11-18-13-5-4-6-14(10-13)21-3/h7-9,13-14,16,18-19H,4-6,10-11H2,1-3H3. The van der Waals surface area contributed by atoms with Gasteiger partial charge in [0.05, 0.1) is 13.2 Å². The minimum Gasteiger partial charge on any atom is -0.496 e. The zero-order valence-electron chi connectivity index (χ0n) is 13.3. The number of thioether (sulfide) groups is 1. The number of hydrogen-bond acceptors (Lipinski definition) is 4. The zero-order valence-corrected chi connectivity index (χ0v) is 14.1. The van der Waals surface area contributed by atoms with Gasteiger partial charge < -0.3 is 15.2 Å². The second-order valence-corrected chi connectivity index (χ2v) is 7.03. The highest BCUT2D eigenvalue weighted by molar-refractivity contribution is 7.99. The first-order valence-electron chi connectivity index (χ1n) is 7.72. The van der Waals surface area contributed by atoms with Gasteiger partial charge in [0.2, 0.25) is 0 Å². The van der Waals surface area contributed by atoms with Crippen LogP contribution in [0.4, 0.5) is 0 Å². The van der Waals surface area contributed by atoms with Gasteiger partial charge in [0.15, 0.2) is 0 Å². The number of aliphatic hydroxyl groups is 1. The van der Waals surface area contributed by atoms with Crippen molar-refractivity contribution in [1.29, 1.82) is 0 Å². The summed E-state index contributed by atoms with van der Waals surface area (Å²) in [6.45, 7) is 2.62. The fraction of sp³-hybridized carbons (Fsp3) is 0.647. The lowest BCUT2D eigenvalue weighted by molar-refractivity contribution is 0.162. The van der Waals surface area contributed by atoms with Crippen LogP contribution in [0.2, 0.25) is 0 Å². The van der Waals surface area contributed by atoms with E-state index in [2.05, 4.69) is 11.6 Å². The Kier molecular flexibility index (Phi) is 6.40. The molecule has 4 heteroatoms. The van der Waals surface area contributed by atoms with E-state index in [4.69, 9.17) is 4.74 Å². The Balaban J connectivity index is 1.92. The molecule has 1 aliphatic rings. The van der Waals surface area contributed by atoms with Crippen LogP contribution in [-0.2, 0) is 0 Å². The lowest BCUT2D eigenvalue weighted by Gasteiger charge is -2.29. The smallest absolute Gasteiger partial charge is 0.124 e. The Labute approximate surface area is 132 Å². The van der Waals surface area contributed by atoms with E-state index >= 15 is 0 Å². The molecule has 0 bridgehead atoms. The summed E-state index contributed by atoms with van der Waals surface area (Å²) in [6.07, 6.45) is 6.71. The van der Waals surface area contributed by atoms with Crippen molar-refractivity contribution in [3.8, 4) is 5.75 Å². The molecule has 1 aromatic carbocycles. The van der Waals surface area contributed by atoms with Crippen LogP contribution < -0.4 is 10.1 Å². The minimum atomic E-state index is -0.519. The molecule has 2 rings (SSSR count). The minimum absolute atomic E-state index is 0.519. The Morgan fingerprint density at radius 3 is 2.95 bits per heavy atom. The molecule has 2 N–H and O–H groups in total. The molecule has 1 saturated carbocycles. The van der Waals surface area contributed by atoms with Crippen LogP contribution in [0.15, 0.2) is 18.2 Å². The van der Waals surface area contributed by atoms with Crippen molar-refractivity contribution in [2.75, 3.05) is 19.9 Å². The number of ether oxygens (including phenoxy) is 1. The first-order chi connectivity index (χ1) is 10.1. The predicted molar refractivity (Wildman–Crippen MR) is 90.3 cm³/mol. The quantitative estimate of drug-likeness (QED) is 0.846. The van der Waals surface area contributed by atoms with Crippen LogP contribution in [0.3, 0.4) is 0 Å². The van der Waals surface area contributed by atoms with Gasteiger partial charge in [-0.15, -0.1) is 0 Å². The topological polar surface area (TPSA) is 41.5 Å². The van der Waals surface area contributed by atoms with Crippen molar-refractivity contribution in [1.82, 2.24) is 5.32 Å². The highest BCUT2D eigenvalue weighted by Crippen LogP contribution is 2.29. The van der Waals surface area contributed by atoms with Crippen molar-refractivity contribution >= 4 is 11.8 Å². The van der Waals surface area contributed by atoms with Gasteiger partial charge >= 0.3 is 0 Å². The molecule has 0 amide bonds. The number of nitrogens with one attached hydrogen (secondary N) is 1. The van der Waals surface area contributed by atoms with E-state index in [9.17, 15) is 5.11 Å². The number of rotatable bonds is 6. The molecule has 0 saturated heterocycles. The van der Waals surface area contributed by atoms with Gasteiger partial charge in [-0.25, -0.2) is 0 Å². The molecule has 3 unspecified atom stereocenters. The molecule has 1 aliphatic carbocycles. The largest absolute Gasteiger partial charge is 0.496 e. The van der Waals surface area contributed by atoms with E-state index in [1.165, 1.54) is 25.7 Å². The maximum Gasteiger partial charge on any atom is 0.124 e. The molecule has 0 radical (unpaired) electrons. The first-order valence-corrected chi connectivity index (χ1v) is 9.01. The van der Waals surface area contributed by atoms with E-state index in [0.717, 1.165) is 22.1 Å². The van der Waals surface area contributed by atoms with Crippen molar-refractivity contribution in [2.24, 2.45) is 0 Å². The zero-order chi connectivity index (χ0) is 15.2. The number of hydrogen-bond donors (Lipinski definition) is 2. The average Bonchev–Trinajstić information content (AvgIpc) is 2.52. The van der Waals surface area contributed by atoms with Gasteiger partial charge in [0, 0.05) is 23.4 Å². The molecule has 0 spiro atoms. The third kappa shape index (κ3) is 4.63. The molecule has 118 valence electrons. The highest BCUT2D eigenvalue weighted by atomic mass is 32.2. The average molecular weight is 309 g/mol. The van der Waals surface area contributed by atoms with Gasteiger partial charge in [0.1, 0.15) is 5.75 Å². The second kappa shape index (κ2) is 8.06.